The first-order valence-electron chi connectivity index (χ1n) is 6.91. The standard InChI is InChI=1S/C15H20N4OS/c1-16-15(21)18-8-7-17-10-13-14(20-11-19-13)9-12-5-3-2-4-6-12/h2-6,11,17H,7-10H2,1H3,(H2,16,18,21). The maximum absolute atomic E-state index is 5.48. The minimum atomic E-state index is 0.656. The molecule has 0 saturated heterocycles. The third kappa shape index (κ3) is 5.17. The second-order valence-corrected chi connectivity index (χ2v) is 4.98. The minimum Gasteiger partial charge on any atom is -0.448 e. The lowest BCUT2D eigenvalue weighted by Gasteiger charge is -2.07. The van der Waals surface area contributed by atoms with Crippen molar-refractivity contribution >= 4 is 17.3 Å². The Balaban J connectivity index is 1.77. The largest absolute Gasteiger partial charge is 0.448 e. The van der Waals surface area contributed by atoms with Crippen LogP contribution in [0.25, 0.3) is 0 Å². The van der Waals surface area contributed by atoms with E-state index in [0.717, 1.165) is 31.0 Å². The van der Waals surface area contributed by atoms with Gasteiger partial charge in [-0.25, -0.2) is 4.98 Å². The van der Waals surface area contributed by atoms with Gasteiger partial charge in [0.05, 0.1) is 5.69 Å². The van der Waals surface area contributed by atoms with Gasteiger partial charge < -0.3 is 20.4 Å². The Kier molecular flexibility index (Phi) is 6.18. The zero-order valence-corrected chi connectivity index (χ0v) is 12.9. The molecule has 2 rings (SSSR count). The number of nitrogens with one attached hydrogen (secondary N) is 3. The van der Waals surface area contributed by atoms with Gasteiger partial charge in [0.2, 0.25) is 0 Å². The van der Waals surface area contributed by atoms with Crippen LogP contribution in [-0.2, 0) is 13.0 Å². The second kappa shape index (κ2) is 8.39. The van der Waals surface area contributed by atoms with Crippen molar-refractivity contribution in [3.63, 3.8) is 0 Å². The fraction of sp³-hybridized carbons (Fsp3) is 0.333. The summed E-state index contributed by atoms with van der Waals surface area (Å²) in [6.45, 7) is 2.26. The van der Waals surface area contributed by atoms with Crippen molar-refractivity contribution in [1.29, 1.82) is 0 Å². The molecule has 0 aliphatic carbocycles. The van der Waals surface area contributed by atoms with Gasteiger partial charge in [-0.05, 0) is 17.8 Å². The SMILES string of the molecule is CNC(=S)NCCNCc1ncoc1Cc1ccccc1. The molecule has 0 unspecified atom stereocenters. The van der Waals surface area contributed by atoms with Crippen molar-refractivity contribution in [2.75, 3.05) is 20.1 Å². The molecule has 0 fully saturated rings. The van der Waals surface area contributed by atoms with Gasteiger partial charge in [0.1, 0.15) is 5.76 Å². The summed E-state index contributed by atoms with van der Waals surface area (Å²) in [5, 5.41) is 9.93. The molecule has 1 aromatic heterocycles. The monoisotopic (exact) mass is 304 g/mol. The molecule has 0 aliphatic heterocycles. The number of rotatable bonds is 7. The molecule has 0 atom stereocenters. The molecule has 0 amide bonds. The van der Waals surface area contributed by atoms with Gasteiger partial charge in [-0.3, -0.25) is 0 Å². The first kappa shape index (κ1) is 15.5. The highest BCUT2D eigenvalue weighted by molar-refractivity contribution is 7.80. The van der Waals surface area contributed by atoms with Gasteiger partial charge >= 0.3 is 0 Å². The van der Waals surface area contributed by atoms with E-state index in [1.807, 2.05) is 18.2 Å². The maximum Gasteiger partial charge on any atom is 0.181 e. The Hall–Kier alpha value is -1.92. The fourth-order valence-corrected chi connectivity index (χ4v) is 2.02. The number of hydrogen-bond donors (Lipinski definition) is 3. The van der Waals surface area contributed by atoms with Crippen LogP contribution < -0.4 is 16.0 Å². The molecule has 112 valence electrons. The average Bonchev–Trinajstić information content (AvgIpc) is 2.95. The average molecular weight is 304 g/mol. The van der Waals surface area contributed by atoms with E-state index in [4.69, 9.17) is 16.6 Å². The lowest BCUT2D eigenvalue weighted by Crippen LogP contribution is -2.37. The zero-order valence-electron chi connectivity index (χ0n) is 12.1. The van der Waals surface area contributed by atoms with Crippen LogP contribution in [0.4, 0.5) is 0 Å². The number of nitrogens with zero attached hydrogens (tertiary/aromatic N) is 1. The Morgan fingerprint density at radius 1 is 1.24 bits per heavy atom. The number of benzene rings is 1. The number of hydrogen-bond acceptors (Lipinski definition) is 4. The molecule has 1 aromatic carbocycles. The van der Waals surface area contributed by atoms with E-state index < -0.39 is 0 Å². The Labute approximate surface area is 130 Å². The van der Waals surface area contributed by atoms with Gasteiger partial charge in [-0.2, -0.15) is 0 Å². The Morgan fingerprint density at radius 3 is 2.81 bits per heavy atom. The highest BCUT2D eigenvalue weighted by Crippen LogP contribution is 2.13. The molecule has 6 heteroatoms. The van der Waals surface area contributed by atoms with E-state index in [9.17, 15) is 0 Å². The van der Waals surface area contributed by atoms with E-state index in [0.29, 0.717) is 11.7 Å². The van der Waals surface area contributed by atoms with Gasteiger partial charge in [-0.15, -0.1) is 0 Å². The second-order valence-electron chi connectivity index (χ2n) is 4.57. The zero-order chi connectivity index (χ0) is 14.9. The fourth-order valence-electron chi connectivity index (χ4n) is 1.92. The summed E-state index contributed by atoms with van der Waals surface area (Å²) in [7, 11) is 1.80. The summed E-state index contributed by atoms with van der Waals surface area (Å²) in [5.74, 6) is 0.910. The van der Waals surface area contributed by atoms with Gasteiger partial charge in [0.15, 0.2) is 11.5 Å². The van der Waals surface area contributed by atoms with E-state index in [2.05, 4.69) is 33.1 Å². The molecule has 0 bridgehead atoms. The number of aromatic nitrogens is 1. The van der Waals surface area contributed by atoms with Crippen LogP contribution in [0.5, 0.6) is 0 Å². The van der Waals surface area contributed by atoms with Crippen molar-refractivity contribution in [2.45, 2.75) is 13.0 Å². The lowest BCUT2D eigenvalue weighted by atomic mass is 10.1. The van der Waals surface area contributed by atoms with Crippen molar-refractivity contribution in [1.82, 2.24) is 20.9 Å². The minimum absolute atomic E-state index is 0.656. The Morgan fingerprint density at radius 2 is 2.05 bits per heavy atom. The molecule has 0 radical (unpaired) electrons. The summed E-state index contributed by atoms with van der Waals surface area (Å²) in [5.41, 5.74) is 2.17. The molecule has 2 aromatic rings. The molecule has 0 aliphatic rings. The van der Waals surface area contributed by atoms with Crippen LogP contribution in [0.1, 0.15) is 17.0 Å². The Bertz CT molecular complexity index is 556. The lowest BCUT2D eigenvalue weighted by molar-refractivity contribution is 0.509. The first-order valence-corrected chi connectivity index (χ1v) is 7.32. The van der Waals surface area contributed by atoms with Crippen LogP contribution in [0.15, 0.2) is 41.1 Å². The smallest absolute Gasteiger partial charge is 0.181 e. The van der Waals surface area contributed by atoms with Crippen LogP contribution >= 0.6 is 12.2 Å². The molecule has 21 heavy (non-hydrogen) atoms. The van der Waals surface area contributed by atoms with Gasteiger partial charge in [0.25, 0.3) is 0 Å². The van der Waals surface area contributed by atoms with Crippen LogP contribution in [0.2, 0.25) is 0 Å². The highest BCUT2D eigenvalue weighted by atomic mass is 32.1. The molecule has 5 nitrogen and oxygen atoms in total. The predicted octanol–water partition coefficient (Wildman–Crippen LogP) is 1.45. The molecule has 3 N–H and O–H groups in total. The van der Waals surface area contributed by atoms with E-state index in [1.165, 1.54) is 12.0 Å². The summed E-state index contributed by atoms with van der Waals surface area (Å²) in [6.07, 6.45) is 2.27. The normalized spacial score (nSPS) is 10.3. The van der Waals surface area contributed by atoms with Crippen molar-refractivity contribution < 1.29 is 4.42 Å². The topological polar surface area (TPSA) is 62.1 Å². The first-order chi connectivity index (χ1) is 10.3. The van der Waals surface area contributed by atoms with Crippen LogP contribution in [-0.4, -0.2) is 30.2 Å². The van der Waals surface area contributed by atoms with Crippen molar-refractivity contribution in [3.05, 3.63) is 53.7 Å². The van der Waals surface area contributed by atoms with Crippen LogP contribution in [0.3, 0.4) is 0 Å². The van der Waals surface area contributed by atoms with Gasteiger partial charge in [-0.1, -0.05) is 30.3 Å². The quantitative estimate of drug-likeness (QED) is 0.532. The highest BCUT2D eigenvalue weighted by Gasteiger charge is 2.08. The van der Waals surface area contributed by atoms with E-state index >= 15 is 0 Å². The summed E-state index contributed by atoms with van der Waals surface area (Å²) in [6, 6.07) is 10.2. The molecule has 0 saturated carbocycles. The third-order valence-corrected chi connectivity index (χ3v) is 3.39. The molecule has 1 heterocycles. The van der Waals surface area contributed by atoms with Crippen molar-refractivity contribution in [2.24, 2.45) is 0 Å². The van der Waals surface area contributed by atoms with E-state index in [-0.39, 0.29) is 0 Å². The van der Waals surface area contributed by atoms with Crippen molar-refractivity contribution in [3.8, 4) is 0 Å². The summed E-state index contributed by atoms with van der Waals surface area (Å²) < 4.78 is 5.48. The predicted molar refractivity (Wildman–Crippen MR) is 87.1 cm³/mol. The van der Waals surface area contributed by atoms with Gasteiger partial charge in [0, 0.05) is 33.1 Å². The summed E-state index contributed by atoms with van der Waals surface area (Å²) >= 11 is 5.00. The number of thiocarbonyl (C=S) groups is 1. The third-order valence-electron chi connectivity index (χ3n) is 3.04. The molecular weight excluding hydrogens is 284 g/mol. The maximum atomic E-state index is 5.48. The summed E-state index contributed by atoms with van der Waals surface area (Å²) in [4.78, 5) is 4.27. The van der Waals surface area contributed by atoms with Crippen LogP contribution in [0, 0.1) is 0 Å². The molecule has 0 spiro atoms. The molecular formula is C15H20N4OS. The number of oxazole rings is 1. The van der Waals surface area contributed by atoms with E-state index in [1.54, 1.807) is 7.05 Å².